The van der Waals surface area contributed by atoms with E-state index < -0.39 is 0 Å². The molecule has 1 aromatic heterocycles. The Hall–Kier alpha value is -0.710. The number of halogens is 1. The van der Waals surface area contributed by atoms with Crippen molar-refractivity contribution in [1.82, 2.24) is 9.97 Å². The number of thioether (sulfide) groups is 1. The zero-order chi connectivity index (χ0) is 13.1. The van der Waals surface area contributed by atoms with Gasteiger partial charge in [-0.25, -0.2) is 9.97 Å². The summed E-state index contributed by atoms with van der Waals surface area (Å²) in [7, 11) is 0. The van der Waals surface area contributed by atoms with Gasteiger partial charge in [0, 0.05) is 11.0 Å². The highest BCUT2D eigenvalue weighted by Crippen LogP contribution is 2.29. The van der Waals surface area contributed by atoms with Crippen LogP contribution in [0.5, 0.6) is 0 Å². The fourth-order valence-corrected chi connectivity index (χ4v) is 3.07. The van der Waals surface area contributed by atoms with E-state index in [9.17, 15) is 0 Å². The number of nitrogens with zero attached hydrogens (tertiary/aromatic N) is 2. The molecule has 0 aliphatic carbocycles. The second kappa shape index (κ2) is 5.95. The molecule has 0 saturated carbocycles. The van der Waals surface area contributed by atoms with E-state index in [2.05, 4.69) is 42.0 Å². The quantitative estimate of drug-likeness (QED) is 0.469. The maximum Gasteiger partial charge on any atom is 0.189 e. The molecule has 94 valence electrons. The highest BCUT2D eigenvalue weighted by molar-refractivity contribution is 7.99. The minimum Gasteiger partial charge on any atom is -0.216 e. The highest BCUT2D eigenvalue weighted by Gasteiger charge is 2.05. The van der Waals surface area contributed by atoms with Crippen molar-refractivity contribution in [2.75, 3.05) is 6.26 Å². The van der Waals surface area contributed by atoms with Gasteiger partial charge >= 0.3 is 0 Å². The Morgan fingerprint density at radius 1 is 1.06 bits per heavy atom. The third-order valence-electron chi connectivity index (χ3n) is 2.53. The van der Waals surface area contributed by atoms with Gasteiger partial charge in [-0.3, -0.25) is 0 Å². The summed E-state index contributed by atoms with van der Waals surface area (Å²) in [4.78, 5) is 9.73. The lowest BCUT2D eigenvalue weighted by Crippen LogP contribution is -1.89. The normalized spacial score (nSPS) is 10.7. The third kappa shape index (κ3) is 3.40. The van der Waals surface area contributed by atoms with Crippen LogP contribution < -0.4 is 0 Å². The predicted molar refractivity (Wildman–Crippen MR) is 78.9 cm³/mol. The summed E-state index contributed by atoms with van der Waals surface area (Å²) >= 11 is 9.07. The molecule has 5 heteroatoms. The Morgan fingerprint density at radius 2 is 1.83 bits per heavy atom. The molecule has 2 aromatic rings. The van der Waals surface area contributed by atoms with Crippen LogP contribution >= 0.6 is 35.1 Å². The smallest absolute Gasteiger partial charge is 0.189 e. The van der Waals surface area contributed by atoms with E-state index in [1.54, 1.807) is 17.8 Å². The van der Waals surface area contributed by atoms with Gasteiger partial charge in [0.05, 0.1) is 0 Å². The Balaban J connectivity index is 2.27. The molecule has 0 amide bonds. The maximum absolute atomic E-state index is 5.97. The second-order valence-electron chi connectivity index (χ2n) is 3.86. The maximum atomic E-state index is 5.97. The molecule has 2 nitrogen and oxygen atoms in total. The Labute approximate surface area is 121 Å². The van der Waals surface area contributed by atoms with Gasteiger partial charge in [-0.2, -0.15) is 0 Å². The van der Waals surface area contributed by atoms with Crippen molar-refractivity contribution in [2.45, 2.75) is 28.9 Å². The first-order valence-electron chi connectivity index (χ1n) is 5.42. The van der Waals surface area contributed by atoms with Gasteiger partial charge < -0.3 is 0 Å². The van der Waals surface area contributed by atoms with Crippen LogP contribution in [0.15, 0.2) is 39.3 Å². The molecular formula is C13H13ClN2S2. The van der Waals surface area contributed by atoms with E-state index in [-0.39, 0.29) is 0 Å². The van der Waals surface area contributed by atoms with Gasteiger partial charge in [-0.15, -0.1) is 0 Å². The average Bonchev–Trinajstić information content (AvgIpc) is 2.33. The summed E-state index contributed by atoms with van der Waals surface area (Å²) in [5, 5.41) is 2.07. The molecule has 0 aliphatic heterocycles. The summed E-state index contributed by atoms with van der Waals surface area (Å²) in [5.41, 5.74) is 2.58. The number of hydrogen-bond donors (Lipinski definition) is 0. The third-order valence-corrected chi connectivity index (χ3v) is 4.18. The van der Waals surface area contributed by atoms with Crippen LogP contribution in [0.1, 0.15) is 11.1 Å². The molecular weight excluding hydrogens is 284 g/mol. The van der Waals surface area contributed by atoms with E-state index in [1.807, 2.05) is 6.26 Å². The molecule has 1 aromatic carbocycles. The van der Waals surface area contributed by atoms with E-state index >= 15 is 0 Å². The SMILES string of the molecule is CSc1nc(Cl)cc(Sc2ccc(C)c(C)c2)n1. The van der Waals surface area contributed by atoms with E-state index in [1.165, 1.54) is 27.8 Å². The molecule has 0 radical (unpaired) electrons. The number of rotatable bonds is 3. The van der Waals surface area contributed by atoms with Gasteiger partial charge in [0.25, 0.3) is 0 Å². The molecule has 0 atom stereocenters. The lowest BCUT2D eigenvalue weighted by molar-refractivity contribution is 0.894. The van der Waals surface area contributed by atoms with Crippen molar-refractivity contribution in [3.05, 3.63) is 40.5 Å². The standard InChI is InChI=1S/C13H13ClN2S2/c1-8-4-5-10(6-9(8)2)18-12-7-11(14)15-13(16-12)17-3/h4-7H,1-3H3. The van der Waals surface area contributed by atoms with Gasteiger partial charge in [-0.1, -0.05) is 41.2 Å². The van der Waals surface area contributed by atoms with Gasteiger partial charge in [0.1, 0.15) is 10.2 Å². The fourth-order valence-electron chi connectivity index (χ4n) is 1.42. The summed E-state index contributed by atoms with van der Waals surface area (Å²) in [6, 6.07) is 8.17. The molecule has 0 saturated heterocycles. The Kier molecular flexibility index (Phi) is 4.54. The van der Waals surface area contributed by atoms with Crippen molar-refractivity contribution in [3.8, 4) is 0 Å². The lowest BCUT2D eigenvalue weighted by atomic mass is 10.1. The average molecular weight is 297 g/mol. The van der Waals surface area contributed by atoms with Crippen molar-refractivity contribution >= 4 is 35.1 Å². The molecule has 0 spiro atoms. The number of aryl methyl sites for hydroxylation is 2. The van der Waals surface area contributed by atoms with Crippen LogP contribution in [0.2, 0.25) is 5.15 Å². The largest absolute Gasteiger partial charge is 0.216 e. The topological polar surface area (TPSA) is 25.8 Å². The molecule has 0 N–H and O–H groups in total. The van der Waals surface area contributed by atoms with Crippen molar-refractivity contribution in [1.29, 1.82) is 0 Å². The first kappa shape index (κ1) is 13.7. The van der Waals surface area contributed by atoms with Crippen LogP contribution in [0.25, 0.3) is 0 Å². The highest BCUT2D eigenvalue weighted by atomic mass is 35.5. The minimum atomic E-state index is 0.487. The van der Waals surface area contributed by atoms with Gasteiger partial charge in [0.2, 0.25) is 0 Å². The Bertz CT molecular complexity index is 573. The summed E-state index contributed by atoms with van der Waals surface area (Å²) in [6.07, 6.45) is 1.94. The van der Waals surface area contributed by atoms with Crippen LogP contribution in [-0.2, 0) is 0 Å². The monoisotopic (exact) mass is 296 g/mol. The summed E-state index contributed by atoms with van der Waals surface area (Å²) in [5.74, 6) is 0. The van der Waals surface area contributed by atoms with Gasteiger partial charge in [-0.05, 0) is 43.4 Å². The van der Waals surface area contributed by atoms with E-state index in [0.29, 0.717) is 10.3 Å². The van der Waals surface area contributed by atoms with E-state index in [4.69, 9.17) is 11.6 Å². The van der Waals surface area contributed by atoms with Crippen molar-refractivity contribution in [2.24, 2.45) is 0 Å². The van der Waals surface area contributed by atoms with Crippen molar-refractivity contribution in [3.63, 3.8) is 0 Å². The van der Waals surface area contributed by atoms with Crippen LogP contribution in [-0.4, -0.2) is 16.2 Å². The minimum absolute atomic E-state index is 0.487. The number of hydrogen-bond acceptors (Lipinski definition) is 4. The van der Waals surface area contributed by atoms with Crippen molar-refractivity contribution < 1.29 is 0 Å². The van der Waals surface area contributed by atoms with Crippen LogP contribution in [0, 0.1) is 13.8 Å². The summed E-state index contributed by atoms with van der Waals surface area (Å²) < 4.78 is 0. The molecule has 2 rings (SSSR count). The molecule has 1 heterocycles. The molecule has 0 unspecified atom stereocenters. The first-order valence-corrected chi connectivity index (χ1v) is 7.84. The number of benzene rings is 1. The molecule has 0 aliphatic rings. The molecule has 18 heavy (non-hydrogen) atoms. The zero-order valence-corrected chi connectivity index (χ0v) is 12.8. The second-order valence-corrected chi connectivity index (χ2v) is 6.12. The van der Waals surface area contributed by atoms with Gasteiger partial charge in [0.15, 0.2) is 5.16 Å². The molecule has 0 bridgehead atoms. The zero-order valence-electron chi connectivity index (χ0n) is 10.4. The summed E-state index contributed by atoms with van der Waals surface area (Å²) in [6.45, 7) is 4.22. The van der Waals surface area contributed by atoms with Crippen LogP contribution in [0.3, 0.4) is 0 Å². The van der Waals surface area contributed by atoms with E-state index in [0.717, 1.165) is 5.03 Å². The number of aromatic nitrogens is 2. The first-order chi connectivity index (χ1) is 8.58. The molecule has 0 fully saturated rings. The lowest BCUT2D eigenvalue weighted by Gasteiger charge is -2.05. The van der Waals surface area contributed by atoms with Crippen LogP contribution in [0.4, 0.5) is 0 Å². The fraction of sp³-hybridized carbons (Fsp3) is 0.231. The Morgan fingerprint density at radius 3 is 2.50 bits per heavy atom. The predicted octanol–water partition coefficient (Wildman–Crippen LogP) is 4.62.